The Kier molecular flexibility index (Phi) is 6.36. The Balaban J connectivity index is 3.04. The van der Waals surface area contributed by atoms with Gasteiger partial charge in [-0.15, -0.1) is 4.40 Å². The molecular weight excluding hydrogens is 309 g/mol. The Labute approximate surface area is 129 Å². The monoisotopic (exact) mass is 329 g/mol. The first-order chi connectivity index (χ1) is 10.3. The smallest absolute Gasteiger partial charge is 0.287 e. The van der Waals surface area contributed by atoms with Crippen LogP contribution in [0.5, 0.6) is 0 Å². The maximum absolute atomic E-state index is 14.0. The molecule has 0 saturated carbocycles. The topological polar surface area (TPSA) is 105 Å². The Morgan fingerprint density at radius 2 is 2.18 bits per heavy atom. The largest absolute Gasteiger partial charge is 0.512 e. The highest BCUT2D eigenvalue weighted by Gasteiger charge is 2.19. The zero-order valence-electron chi connectivity index (χ0n) is 12.5. The summed E-state index contributed by atoms with van der Waals surface area (Å²) in [5.74, 6) is -1.54. The molecule has 0 saturated heterocycles. The first kappa shape index (κ1) is 18.0. The SMILES string of the molecule is CCCCNc1ccc(S(=O)(=O)/N=C(N)\C=C(\C)O)c(F)c1. The van der Waals surface area contributed by atoms with Crippen LogP contribution in [0.1, 0.15) is 26.7 Å². The number of sulfonamides is 1. The number of allylic oxidation sites excluding steroid dienone is 1. The summed E-state index contributed by atoms with van der Waals surface area (Å²) in [6.07, 6.45) is 2.89. The number of halogens is 1. The highest BCUT2D eigenvalue weighted by atomic mass is 32.2. The molecule has 0 atom stereocenters. The molecule has 0 heterocycles. The zero-order valence-corrected chi connectivity index (χ0v) is 13.3. The maximum atomic E-state index is 14.0. The lowest BCUT2D eigenvalue weighted by molar-refractivity contribution is 0.415. The summed E-state index contributed by atoms with van der Waals surface area (Å²) in [4.78, 5) is -0.569. The predicted molar refractivity (Wildman–Crippen MR) is 85.0 cm³/mol. The summed E-state index contributed by atoms with van der Waals surface area (Å²) < 4.78 is 41.2. The summed E-state index contributed by atoms with van der Waals surface area (Å²) in [5.41, 5.74) is 5.85. The zero-order chi connectivity index (χ0) is 16.8. The lowest BCUT2D eigenvalue weighted by atomic mass is 10.3. The molecule has 0 unspecified atom stereocenters. The van der Waals surface area contributed by atoms with E-state index in [0.29, 0.717) is 12.2 Å². The van der Waals surface area contributed by atoms with Gasteiger partial charge in [0.05, 0.1) is 5.76 Å². The molecule has 0 aromatic heterocycles. The average molecular weight is 329 g/mol. The predicted octanol–water partition coefficient (Wildman–Crippen LogP) is 2.55. The van der Waals surface area contributed by atoms with Gasteiger partial charge < -0.3 is 16.2 Å². The van der Waals surface area contributed by atoms with Crippen molar-refractivity contribution in [1.82, 2.24) is 0 Å². The van der Waals surface area contributed by atoms with Crippen LogP contribution in [0.15, 0.2) is 39.3 Å². The number of amidine groups is 1. The molecule has 22 heavy (non-hydrogen) atoms. The second-order valence-electron chi connectivity index (χ2n) is 4.70. The Morgan fingerprint density at radius 3 is 2.73 bits per heavy atom. The van der Waals surface area contributed by atoms with Gasteiger partial charge in [-0.05, 0) is 31.5 Å². The molecule has 0 bridgehead atoms. The van der Waals surface area contributed by atoms with Gasteiger partial charge in [-0.2, -0.15) is 8.42 Å². The molecule has 0 amide bonds. The fourth-order valence-corrected chi connectivity index (χ4v) is 2.63. The number of unbranched alkanes of at least 4 members (excludes halogenated alkanes) is 1. The minimum atomic E-state index is -4.27. The van der Waals surface area contributed by atoms with Gasteiger partial charge in [0.2, 0.25) is 0 Å². The number of rotatable bonds is 7. The van der Waals surface area contributed by atoms with Crippen molar-refractivity contribution in [2.24, 2.45) is 10.1 Å². The highest BCUT2D eigenvalue weighted by molar-refractivity contribution is 7.90. The molecule has 1 rings (SSSR count). The maximum Gasteiger partial charge on any atom is 0.287 e. The van der Waals surface area contributed by atoms with Crippen molar-refractivity contribution in [1.29, 1.82) is 0 Å². The van der Waals surface area contributed by atoms with Gasteiger partial charge in [0, 0.05) is 18.3 Å². The lowest BCUT2D eigenvalue weighted by Crippen LogP contribution is -2.13. The fraction of sp³-hybridized carbons (Fsp3) is 0.357. The van der Waals surface area contributed by atoms with Gasteiger partial charge in [-0.25, -0.2) is 4.39 Å². The average Bonchev–Trinajstić information content (AvgIpc) is 2.36. The molecule has 0 spiro atoms. The summed E-state index contributed by atoms with van der Waals surface area (Å²) in [6.45, 7) is 4.02. The van der Waals surface area contributed by atoms with Crippen molar-refractivity contribution in [2.45, 2.75) is 31.6 Å². The number of hydrogen-bond acceptors (Lipinski definition) is 4. The number of anilines is 1. The Morgan fingerprint density at radius 1 is 1.50 bits per heavy atom. The first-order valence-electron chi connectivity index (χ1n) is 6.77. The molecule has 1 aromatic rings. The molecule has 1 aromatic carbocycles. The third-order valence-electron chi connectivity index (χ3n) is 2.65. The van der Waals surface area contributed by atoms with Crippen LogP contribution >= 0.6 is 0 Å². The number of aliphatic hydroxyl groups is 1. The van der Waals surface area contributed by atoms with E-state index >= 15 is 0 Å². The summed E-state index contributed by atoms with van der Waals surface area (Å²) in [6, 6.07) is 3.69. The number of nitrogens with two attached hydrogens (primary N) is 1. The molecule has 8 heteroatoms. The number of nitrogens with one attached hydrogen (secondary N) is 1. The molecule has 4 N–H and O–H groups in total. The number of nitrogens with zero attached hydrogens (tertiary/aromatic N) is 1. The molecule has 0 fully saturated rings. The van der Waals surface area contributed by atoms with E-state index in [9.17, 15) is 12.8 Å². The number of benzene rings is 1. The van der Waals surface area contributed by atoms with Crippen molar-refractivity contribution >= 4 is 21.5 Å². The van der Waals surface area contributed by atoms with E-state index in [4.69, 9.17) is 10.8 Å². The van der Waals surface area contributed by atoms with Gasteiger partial charge in [-0.3, -0.25) is 0 Å². The molecule has 6 nitrogen and oxygen atoms in total. The van der Waals surface area contributed by atoms with Crippen LogP contribution in [0, 0.1) is 5.82 Å². The van der Waals surface area contributed by atoms with Crippen molar-refractivity contribution in [2.75, 3.05) is 11.9 Å². The van der Waals surface area contributed by atoms with E-state index in [1.807, 2.05) is 6.92 Å². The molecular formula is C14H20FN3O3S. The molecule has 0 radical (unpaired) electrons. The quantitative estimate of drug-likeness (QED) is 0.308. The van der Waals surface area contributed by atoms with Crippen molar-refractivity contribution < 1.29 is 17.9 Å². The van der Waals surface area contributed by atoms with Crippen molar-refractivity contribution in [3.05, 3.63) is 35.9 Å². The van der Waals surface area contributed by atoms with Gasteiger partial charge in [0.15, 0.2) is 0 Å². The van der Waals surface area contributed by atoms with E-state index in [-0.39, 0.29) is 5.76 Å². The second kappa shape index (κ2) is 7.79. The van der Waals surface area contributed by atoms with E-state index in [0.717, 1.165) is 31.1 Å². The van der Waals surface area contributed by atoms with Crippen LogP contribution < -0.4 is 11.1 Å². The number of aliphatic hydroxyl groups excluding tert-OH is 1. The minimum Gasteiger partial charge on any atom is -0.512 e. The minimum absolute atomic E-state index is 0.201. The van der Waals surface area contributed by atoms with E-state index in [1.54, 1.807) is 0 Å². The van der Waals surface area contributed by atoms with E-state index in [1.165, 1.54) is 13.0 Å². The van der Waals surface area contributed by atoms with Gasteiger partial charge in [0.25, 0.3) is 10.0 Å². The van der Waals surface area contributed by atoms with E-state index < -0.39 is 26.6 Å². The molecule has 0 aliphatic rings. The van der Waals surface area contributed by atoms with Crippen LogP contribution in [-0.2, 0) is 10.0 Å². The van der Waals surface area contributed by atoms with Crippen LogP contribution in [-0.4, -0.2) is 25.9 Å². The highest BCUT2D eigenvalue weighted by Crippen LogP contribution is 2.21. The Bertz CT molecular complexity index is 681. The number of hydrogen-bond donors (Lipinski definition) is 3. The third kappa shape index (κ3) is 5.36. The summed E-state index contributed by atoms with van der Waals surface area (Å²) >= 11 is 0. The van der Waals surface area contributed by atoms with Crippen LogP contribution in [0.4, 0.5) is 10.1 Å². The lowest BCUT2D eigenvalue weighted by Gasteiger charge is -2.07. The van der Waals surface area contributed by atoms with Crippen molar-refractivity contribution in [3.63, 3.8) is 0 Å². The Hall–Kier alpha value is -2.09. The molecule has 0 aliphatic heterocycles. The standard InChI is InChI=1S/C14H20FN3O3S/c1-3-4-7-17-11-5-6-13(12(15)9-11)22(20,21)18-14(16)8-10(2)19/h5-6,8-9,17,19H,3-4,7H2,1-2H3,(H2,16,18)/b10-8-. The van der Waals surface area contributed by atoms with E-state index in [2.05, 4.69) is 9.71 Å². The molecule has 0 aliphatic carbocycles. The third-order valence-corrected chi connectivity index (χ3v) is 3.99. The second-order valence-corrected chi connectivity index (χ2v) is 6.28. The van der Waals surface area contributed by atoms with Crippen LogP contribution in [0.25, 0.3) is 0 Å². The van der Waals surface area contributed by atoms with Crippen LogP contribution in [0.3, 0.4) is 0 Å². The van der Waals surface area contributed by atoms with Crippen molar-refractivity contribution in [3.8, 4) is 0 Å². The fourth-order valence-electron chi connectivity index (χ4n) is 1.66. The first-order valence-corrected chi connectivity index (χ1v) is 8.21. The van der Waals surface area contributed by atoms with Gasteiger partial charge in [0.1, 0.15) is 16.5 Å². The normalized spacial score (nSPS) is 13.2. The van der Waals surface area contributed by atoms with Crippen LogP contribution in [0.2, 0.25) is 0 Å². The van der Waals surface area contributed by atoms with Gasteiger partial charge in [-0.1, -0.05) is 13.3 Å². The summed E-state index contributed by atoms with van der Waals surface area (Å²) in [5, 5.41) is 12.0. The van der Waals surface area contributed by atoms with Gasteiger partial charge >= 0.3 is 0 Å². The molecule has 122 valence electrons. The summed E-state index contributed by atoms with van der Waals surface area (Å²) in [7, 11) is -4.27.